The number of carboxylic acid groups (broad SMARTS) is 1. The lowest BCUT2D eigenvalue weighted by atomic mass is 10.1. The van der Waals surface area contributed by atoms with Crippen LogP contribution in [0, 0.1) is 0 Å². The normalized spacial score (nSPS) is 12.0. The number of carbonyl (C=O) groups excluding carboxylic acids is 3. The second kappa shape index (κ2) is 23.2. The number of azo groups is 1. The zero-order valence-electron chi connectivity index (χ0n) is 27.3. The van der Waals surface area contributed by atoms with Crippen LogP contribution in [0.25, 0.3) is 0 Å². The van der Waals surface area contributed by atoms with Crippen LogP contribution in [0.3, 0.4) is 0 Å². The van der Waals surface area contributed by atoms with E-state index in [1.54, 1.807) is 30.3 Å². The number of Topliss-reactive ketones (excluding diaryl/α,β-unsaturated/α-hetero) is 1. The molecule has 0 heterocycles. The monoisotopic (exact) mass is 639 g/mol. The lowest BCUT2D eigenvalue weighted by Crippen LogP contribution is -2.25. The summed E-state index contributed by atoms with van der Waals surface area (Å²) in [6, 6.07) is 10.9. The van der Waals surface area contributed by atoms with Crippen LogP contribution in [0.2, 0.25) is 0 Å². The Morgan fingerprint density at radius 1 is 0.745 bits per heavy atom. The van der Waals surface area contributed by atoms with Gasteiger partial charge in [-0.25, -0.2) is 0 Å². The first-order valence-electron chi connectivity index (χ1n) is 15.9. The third kappa shape index (κ3) is 17.2. The molecule has 0 atom stereocenters. The van der Waals surface area contributed by atoms with Crippen molar-refractivity contribution in [3.05, 3.63) is 114 Å². The molecule has 1 amide bonds. The fourth-order valence-electron chi connectivity index (χ4n) is 4.03. The molecule has 2 N–H and O–H groups in total. The van der Waals surface area contributed by atoms with Gasteiger partial charge in [-0.05, 0) is 94.3 Å². The fourth-order valence-corrected chi connectivity index (χ4v) is 4.03. The summed E-state index contributed by atoms with van der Waals surface area (Å²) in [7, 11) is 0. The van der Waals surface area contributed by atoms with Crippen LogP contribution >= 0.6 is 0 Å². The first kappa shape index (κ1) is 38.0. The summed E-state index contributed by atoms with van der Waals surface area (Å²) < 4.78 is 5.48. The molecule has 0 aromatic heterocycles. The maximum atomic E-state index is 12.4. The number of hydrogen-bond donors (Lipinski definition) is 2. The highest BCUT2D eigenvalue weighted by Gasteiger charge is 2.14. The molecule has 0 radical (unpaired) electrons. The van der Waals surface area contributed by atoms with E-state index < -0.39 is 11.9 Å². The Morgan fingerprint density at radius 3 is 1.87 bits per heavy atom. The molecule has 0 spiro atoms. The Balaban J connectivity index is 1.74. The van der Waals surface area contributed by atoms with Crippen LogP contribution in [0.4, 0.5) is 11.4 Å². The van der Waals surface area contributed by atoms with E-state index in [1.807, 2.05) is 0 Å². The quantitative estimate of drug-likeness (QED) is 0.0349. The average molecular weight is 640 g/mol. The van der Waals surface area contributed by atoms with Crippen molar-refractivity contribution in [3.8, 4) is 5.75 Å². The minimum absolute atomic E-state index is 0.0323. The third-order valence-electron chi connectivity index (χ3n) is 6.51. The number of esters is 1. The first-order chi connectivity index (χ1) is 22.8. The van der Waals surface area contributed by atoms with Gasteiger partial charge in [0.1, 0.15) is 5.75 Å². The number of unbranched alkanes of at least 4 members (excludes halogenated alkanes) is 1. The van der Waals surface area contributed by atoms with Crippen molar-refractivity contribution in [3.63, 3.8) is 0 Å². The molecule has 0 unspecified atom stereocenters. The van der Waals surface area contributed by atoms with E-state index in [0.29, 0.717) is 23.4 Å². The van der Waals surface area contributed by atoms with E-state index in [-0.39, 0.29) is 42.4 Å². The predicted molar refractivity (Wildman–Crippen MR) is 186 cm³/mol. The largest absolute Gasteiger partial charge is 0.481 e. The fraction of sp³-hybridized carbons (Fsp3) is 0.316. The maximum Gasteiger partial charge on any atom is 0.311 e. The SMILES string of the molecule is CCC=CCC=CCC=CCC=CCC=CCCCC(=O)Oc1ccc(N=Nc2ccc(C(=O)NCCC(=O)O)cc2)cc1C(C)=O. The number of benzene rings is 2. The van der Waals surface area contributed by atoms with Gasteiger partial charge in [-0.15, -0.1) is 0 Å². The number of aliphatic carboxylic acids is 1. The van der Waals surface area contributed by atoms with Crippen LogP contribution in [0.1, 0.15) is 92.4 Å². The molecular formula is C38H45N3O6. The molecule has 0 aliphatic rings. The Hall–Kier alpha value is -5.18. The molecule has 0 aliphatic heterocycles. The van der Waals surface area contributed by atoms with Crippen molar-refractivity contribution in [1.29, 1.82) is 0 Å². The van der Waals surface area contributed by atoms with Crippen molar-refractivity contribution in [2.45, 2.75) is 71.6 Å². The highest BCUT2D eigenvalue weighted by molar-refractivity contribution is 5.98. The average Bonchev–Trinajstić information content (AvgIpc) is 3.05. The van der Waals surface area contributed by atoms with E-state index in [0.717, 1.165) is 38.5 Å². The van der Waals surface area contributed by atoms with Crippen LogP contribution < -0.4 is 10.1 Å². The molecule has 0 fully saturated rings. The van der Waals surface area contributed by atoms with E-state index in [4.69, 9.17) is 9.84 Å². The zero-order chi connectivity index (χ0) is 34.1. The molecule has 47 heavy (non-hydrogen) atoms. The highest BCUT2D eigenvalue weighted by Crippen LogP contribution is 2.27. The number of ketones is 1. The number of allylic oxidation sites excluding steroid dienone is 10. The summed E-state index contributed by atoms with van der Waals surface area (Å²) in [5.74, 6) is -1.90. The van der Waals surface area contributed by atoms with Gasteiger partial charge in [0.25, 0.3) is 5.91 Å². The van der Waals surface area contributed by atoms with Gasteiger partial charge in [0, 0.05) is 18.5 Å². The summed E-state index contributed by atoms with van der Waals surface area (Å²) in [5.41, 5.74) is 1.45. The molecule has 0 saturated heterocycles. The Morgan fingerprint density at radius 2 is 1.30 bits per heavy atom. The lowest BCUT2D eigenvalue weighted by Gasteiger charge is -2.08. The highest BCUT2D eigenvalue weighted by atomic mass is 16.5. The Labute approximate surface area is 277 Å². The molecule has 2 rings (SSSR count). The van der Waals surface area contributed by atoms with Gasteiger partial charge < -0.3 is 15.2 Å². The standard InChI is InChI=1S/C38H45N3O6/c1-3-4-5-6-7-8-9-10-11-12-13-14-15-16-17-18-19-20-37(45)47-35-26-25-33(29-34(35)30(2)42)41-40-32-23-21-31(22-24-32)38(46)39-28-27-36(43)44/h4-5,7-8,10-11,13-14,16-17,21-26,29H,3,6,9,12,15,18-20,27-28H2,1-2H3,(H,39,46)(H,43,44). The maximum absolute atomic E-state index is 12.4. The molecule has 0 aliphatic carbocycles. The molecule has 2 aromatic carbocycles. The van der Waals surface area contributed by atoms with E-state index in [9.17, 15) is 19.2 Å². The number of nitrogens with zero attached hydrogens (tertiary/aromatic N) is 2. The number of nitrogens with one attached hydrogen (secondary N) is 1. The van der Waals surface area contributed by atoms with Gasteiger partial charge >= 0.3 is 11.9 Å². The lowest BCUT2D eigenvalue weighted by molar-refractivity contribution is -0.137. The van der Waals surface area contributed by atoms with Crippen molar-refractivity contribution >= 4 is 35.0 Å². The molecule has 9 nitrogen and oxygen atoms in total. The minimum Gasteiger partial charge on any atom is -0.481 e. The Kier molecular flexibility index (Phi) is 18.8. The first-order valence-corrected chi connectivity index (χ1v) is 15.9. The smallest absolute Gasteiger partial charge is 0.311 e. The molecule has 0 saturated carbocycles. The summed E-state index contributed by atoms with van der Waals surface area (Å²) in [4.78, 5) is 47.4. The summed E-state index contributed by atoms with van der Waals surface area (Å²) in [5, 5.41) is 19.5. The van der Waals surface area contributed by atoms with Gasteiger partial charge in [-0.2, -0.15) is 10.2 Å². The third-order valence-corrected chi connectivity index (χ3v) is 6.51. The topological polar surface area (TPSA) is 134 Å². The molecule has 0 bridgehead atoms. The van der Waals surface area contributed by atoms with E-state index >= 15 is 0 Å². The Bertz CT molecular complexity index is 1480. The summed E-state index contributed by atoms with van der Waals surface area (Å²) >= 11 is 0. The van der Waals surface area contributed by atoms with Gasteiger partial charge in [-0.1, -0.05) is 67.7 Å². The van der Waals surface area contributed by atoms with Crippen molar-refractivity contribution in [2.75, 3.05) is 6.54 Å². The van der Waals surface area contributed by atoms with Crippen LogP contribution in [0.5, 0.6) is 5.75 Å². The predicted octanol–water partition coefficient (Wildman–Crippen LogP) is 9.34. The minimum atomic E-state index is -0.992. The molecule has 248 valence electrons. The molecule has 9 heteroatoms. The van der Waals surface area contributed by atoms with Crippen molar-refractivity contribution in [2.24, 2.45) is 10.2 Å². The second-order valence-electron chi connectivity index (χ2n) is 10.5. The molecular weight excluding hydrogens is 594 g/mol. The van der Waals surface area contributed by atoms with Crippen LogP contribution in [-0.4, -0.2) is 35.3 Å². The van der Waals surface area contributed by atoms with Gasteiger partial charge in [0.15, 0.2) is 5.78 Å². The van der Waals surface area contributed by atoms with Crippen molar-refractivity contribution in [1.82, 2.24) is 5.32 Å². The summed E-state index contributed by atoms with van der Waals surface area (Å²) in [6.45, 7) is 3.55. The van der Waals surface area contributed by atoms with Gasteiger partial charge in [0.05, 0.1) is 23.4 Å². The zero-order valence-corrected chi connectivity index (χ0v) is 27.3. The number of rotatable bonds is 21. The number of carbonyl (C=O) groups is 4. The second-order valence-corrected chi connectivity index (χ2v) is 10.5. The number of amides is 1. The number of ether oxygens (including phenoxy) is 1. The van der Waals surface area contributed by atoms with Crippen LogP contribution in [0.15, 0.2) is 113 Å². The van der Waals surface area contributed by atoms with Crippen LogP contribution in [-0.2, 0) is 9.59 Å². The number of hydrogen-bond acceptors (Lipinski definition) is 7. The van der Waals surface area contributed by atoms with E-state index in [1.165, 1.54) is 19.1 Å². The number of carboxylic acids is 1. The van der Waals surface area contributed by atoms with Gasteiger partial charge in [-0.3, -0.25) is 19.2 Å². The van der Waals surface area contributed by atoms with E-state index in [2.05, 4.69) is 83.2 Å². The van der Waals surface area contributed by atoms with Crippen molar-refractivity contribution < 1.29 is 29.0 Å². The summed E-state index contributed by atoms with van der Waals surface area (Å²) in [6.07, 6.45) is 27.6. The van der Waals surface area contributed by atoms with Gasteiger partial charge in [0.2, 0.25) is 0 Å². The molecule has 2 aromatic rings.